The van der Waals surface area contributed by atoms with Gasteiger partial charge in [-0.2, -0.15) is 0 Å². The van der Waals surface area contributed by atoms with Crippen molar-refractivity contribution >= 4 is 21.8 Å². The van der Waals surface area contributed by atoms with E-state index >= 15 is 0 Å². The smallest absolute Gasteiger partial charge is 0.257 e. The van der Waals surface area contributed by atoms with Crippen LogP contribution in [0.5, 0.6) is 5.75 Å². The van der Waals surface area contributed by atoms with Crippen LogP contribution in [-0.4, -0.2) is 30.5 Å². The van der Waals surface area contributed by atoms with E-state index in [1.165, 1.54) is 6.42 Å². The molecule has 0 saturated carbocycles. The van der Waals surface area contributed by atoms with Gasteiger partial charge in [-0.3, -0.25) is 4.79 Å². The number of nitrogens with zero attached hydrogens (tertiary/aromatic N) is 1. The normalized spacial score (nSPS) is 15.4. The summed E-state index contributed by atoms with van der Waals surface area (Å²) >= 11 is 3.43. The largest absolute Gasteiger partial charge is 0.493 e. The molecule has 104 valence electrons. The number of benzene rings is 1. The first kappa shape index (κ1) is 14.4. The Hall–Kier alpha value is -1.03. The van der Waals surface area contributed by atoms with Crippen molar-refractivity contribution in [2.75, 3.05) is 19.7 Å². The summed E-state index contributed by atoms with van der Waals surface area (Å²) in [5, 5.41) is 0. The average molecular weight is 326 g/mol. The number of likely N-dealkylation sites (tertiary alicyclic amines) is 1. The molecule has 1 aromatic rings. The van der Waals surface area contributed by atoms with Gasteiger partial charge in [0.15, 0.2) is 0 Å². The lowest BCUT2D eigenvalue weighted by Gasteiger charge is -2.27. The van der Waals surface area contributed by atoms with Crippen molar-refractivity contribution in [2.24, 2.45) is 0 Å². The average Bonchev–Trinajstić information content (AvgIpc) is 2.46. The van der Waals surface area contributed by atoms with E-state index in [1.807, 2.05) is 23.1 Å². The topological polar surface area (TPSA) is 29.5 Å². The van der Waals surface area contributed by atoms with Crippen LogP contribution in [0.2, 0.25) is 0 Å². The molecule has 1 aliphatic heterocycles. The van der Waals surface area contributed by atoms with E-state index in [2.05, 4.69) is 22.9 Å². The molecule has 4 heteroatoms. The number of amides is 1. The molecule has 0 spiro atoms. The first-order chi connectivity index (χ1) is 9.22. The van der Waals surface area contributed by atoms with Crippen LogP contribution in [-0.2, 0) is 0 Å². The summed E-state index contributed by atoms with van der Waals surface area (Å²) in [5.74, 6) is 0.785. The van der Waals surface area contributed by atoms with Gasteiger partial charge < -0.3 is 9.64 Å². The van der Waals surface area contributed by atoms with Gasteiger partial charge in [0, 0.05) is 17.6 Å². The Labute approximate surface area is 123 Å². The standard InChI is InChI=1S/C15H20BrNO2/c1-2-10-19-14-7-6-12(16)11-13(14)15(18)17-8-4-3-5-9-17/h6-7,11H,2-5,8-10H2,1H3. The number of hydrogen-bond donors (Lipinski definition) is 0. The summed E-state index contributed by atoms with van der Waals surface area (Å²) < 4.78 is 6.60. The Morgan fingerprint density at radius 2 is 2.05 bits per heavy atom. The molecule has 1 aromatic carbocycles. The molecule has 0 N–H and O–H groups in total. The predicted octanol–water partition coefficient (Wildman–Crippen LogP) is 3.86. The van der Waals surface area contributed by atoms with Gasteiger partial charge in [-0.15, -0.1) is 0 Å². The first-order valence-corrected chi connectivity index (χ1v) is 7.73. The van der Waals surface area contributed by atoms with Crippen molar-refractivity contribution in [1.29, 1.82) is 0 Å². The summed E-state index contributed by atoms with van der Waals surface area (Å²) in [7, 11) is 0. The summed E-state index contributed by atoms with van der Waals surface area (Å²) in [6, 6.07) is 5.65. The van der Waals surface area contributed by atoms with Crippen LogP contribution < -0.4 is 4.74 Å². The number of carbonyl (C=O) groups is 1. The van der Waals surface area contributed by atoms with Crippen molar-refractivity contribution in [2.45, 2.75) is 32.6 Å². The molecule has 3 nitrogen and oxygen atoms in total. The Morgan fingerprint density at radius 1 is 1.32 bits per heavy atom. The summed E-state index contributed by atoms with van der Waals surface area (Å²) in [4.78, 5) is 14.5. The van der Waals surface area contributed by atoms with Gasteiger partial charge >= 0.3 is 0 Å². The monoisotopic (exact) mass is 325 g/mol. The zero-order valence-electron chi connectivity index (χ0n) is 11.3. The molecule has 0 unspecified atom stereocenters. The van der Waals surface area contributed by atoms with E-state index in [-0.39, 0.29) is 5.91 Å². The third-order valence-electron chi connectivity index (χ3n) is 3.28. The molecular weight excluding hydrogens is 306 g/mol. The summed E-state index contributed by atoms with van der Waals surface area (Å²) in [6.45, 7) is 4.42. The zero-order valence-corrected chi connectivity index (χ0v) is 12.9. The van der Waals surface area contributed by atoms with E-state index in [0.29, 0.717) is 17.9 Å². The third kappa shape index (κ3) is 3.72. The lowest BCUT2D eigenvalue weighted by atomic mass is 10.1. The molecule has 19 heavy (non-hydrogen) atoms. The number of rotatable bonds is 4. The minimum atomic E-state index is 0.0899. The van der Waals surface area contributed by atoms with E-state index in [1.54, 1.807) is 0 Å². The number of ether oxygens (including phenoxy) is 1. The lowest BCUT2D eigenvalue weighted by molar-refractivity contribution is 0.0720. The number of halogens is 1. The van der Waals surface area contributed by atoms with Crippen molar-refractivity contribution < 1.29 is 9.53 Å². The van der Waals surface area contributed by atoms with Crippen LogP contribution >= 0.6 is 15.9 Å². The van der Waals surface area contributed by atoms with Crippen LogP contribution in [0, 0.1) is 0 Å². The predicted molar refractivity (Wildman–Crippen MR) is 79.7 cm³/mol. The molecule has 1 fully saturated rings. The van der Waals surface area contributed by atoms with Crippen molar-refractivity contribution in [3.63, 3.8) is 0 Å². The van der Waals surface area contributed by atoms with Crippen molar-refractivity contribution in [3.8, 4) is 5.75 Å². The number of hydrogen-bond acceptors (Lipinski definition) is 2. The second-order valence-electron chi connectivity index (χ2n) is 4.84. The fourth-order valence-corrected chi connectivity index (χ4v) is 2.64. The van der Waals surface area contributed by atoms with E-state index in [0.717, 1.165) is 36.8 Å². The van der Waals surface area contributed by atoms with E-state index < -0.39 is 0 Å². The maximum atomic E-state index is 12.6. The minimum absolute atomic E-state index is 0.0899. The molecule has 1 saturated heterocycles. The molecular formula is C15H20BrNO2. The van der Waals surface area contributed by atoms with Gasteiger partial charge in [0.05, 0.1) is 12.2 Å². The van der Waals surface area contributed by atoms with Gasteiger partial charge in [0.25, 0.3) is 5.91 Å². The van der Waals surface area contributed by atoms with Gasteiger partial charge in [0.2, 0.25) is 0 Å². The fourth-order valence-electron chi connectivity index (χ4n) is 2.27. The Bertz CT molecular complexity index is 442. The third-order valence-corrected chi connectivity index (χ3v) is 3.77. The highest BCUT2D eigenvalue weighted by Gasteiger charge is 2.21. The maximum Gasteiger partial charge on any atom is 0.257 e. The van der Waals surface area contributed by atoms with Crippen molar-refractivity contribution in [1.82, 2.24) is 4.90 Å². The number of piperidine rings is 1. The second-order valence-corrected chi connectivity index (χ2v) is 5.76. The highest BCUT2D eigenvalue weighted by atomic mass is 79.9. The van der Waals surface area contributed by atoms with Crippen LogP contribution in [0.3, 0.4) is 0 Å². The van der Waals surface area contributed by atoms with Crippen molar-refractivity contribution in [3.05, 3.63) is 28.2 Å². The highest BCUT2D eigenvalue weighted by Crippen LogP contribution is 2.26. The zero-order chi connectivity index (χ0) is 13.7. The van der Waals surface area contributed by atoms with E-state index in [4.69, 9.17) is 4.74 Å². The molecule has 1 heterocycles. The van der Waals surface area contributed by atoms with Crippen LogP contribution in [0.25, 0.3) is 0 Å². The minimum Gasteiger partial charge on any atom is -0.493 e. The molecule has 0 bridgehead atoms. The molecule has 0 aliphatic carbocycles. The lowest BCUT2D eigenvalue weighted by Crippen LogP contribution is -2.35. The van der Waals surface area contributed by atoms with Crippen LogP contribution in [0.1, 0.15) is 43.0 Å². The van der Waals surface area contributed by atoms with Gasteiger partial charge in [-0.25, -0.2) is 0 Å². The quantitative estimate of drug-likeness (QED) is 0.841. The van der Waals surface area contributed by atoms with Crippen LogP contribution in [0.4, 0.5) is 0 Å². The summed E-state index contributed by atoms with van der Waals surface area (Å²) in [5.41, 5.74) is 0.671. The molecule has 0 atom stereocenters. The Balaban J connectivity index is 2.20. The second kappa shape index (κ2) is 6.94. The molecule has 2 rings (SSSR count). The fraction of sp³-hybridized carbons (Fsp3) is 0.533. The van der Waals surface area contributed by atoms with Crippen LogP contribution in [0.15, 0.2) is 22.7 Å². The molecule has 1 aliphatic rings. The molecule has 0 radical (unpaired) electrons. The van der Waals surface area contributed by atoms with Gasteiger partial charge in [-0.05, 0) is 43.9 Å². The maximum absolute atomic E-state index is 12.6. The Kier molecular flexibility index (Phi) is 5.25. The number of carbonyl (C=O) groups excluding carboxylic acids is 1. The summed E-state index contributed by atoms with van der Waals surface area (Å²) in [6.07, 6.45) is 4.37. The first-order valence-electron chi connectivity index (χ1n) is 6.94. The van der Waals surface area contributed by atoms with Gasteiger partial charge in [0.1, 0.15) is 5.75 Å². The molecule has 0 aromatic heterocycles. The highest BCUT2D eigenvalue weighted by molar-refractivity contribution is 9.10. The van der Waals surface area contributed by atoms with E-state index in [9.17, 15) is 4.79 Å². The molecule has 1 amide bonds. The SMILES string of the molecule is CCCOc1ccc(Br)cc1C(=O)N1CCCCC1. The Morgan fingerprint density at radius 3 is 2.74 bits per heavy atom. The van der Waals surface area contributed by atoms with Gasteiger partial charge in [-0.1, -0.05) is 22.9 Å².